The summed E-state index contributed by atoms with van der Waals surface area (Å²) in [5.74, 6) is 1.000. The van der Waals surface area contributed by atoms with Crippen LogP contribution in [0.4, 0.5) is 5.69 Å². The molecule has 0 aromatic heterocycles. The van der Waals surface area contributed by atoms with Crippen LogP contribution in [0.2, 0.25) is 0 Å². The van der Waals surface area contributed by atoms with Crippen LogP contribution in [0.25, 0.3) is 0 Å². The van der Waals surface area contributed by atoms with Crippen LogP contribution in [0, 0.1) is 5.92 Å². The summed E-state index contributed by atoms with van der Waals surface area (Å²) in [6, 6.07) is 4.54. The summed E-state index contributed by atoms with van der Waals surface area (Å²) in [4.78, 5) is 0.174. The topological polar surface area (TPSA) is 81.4 Å². The molecule has 1 aliphatic carbocycles. The lowest BCUT2D eigenvalue weighted by Gasteiger charge is -2.22. The molecule has 1 aromatic carbocycles. The minimum atomic E-state index is -3.47. The fourth-order valence-electron chi connectivity index (χ4n) is 2.49. The van der Waals surface area contributed by atoms with Crippen molar-refractivity contribution in [1.82, 2.24) is 4.72 Å². The summed E-state index contributed by atoms with van der Waals surface area (Å²) < 4.78 is 31.6. The summed E-state index contributed by atoms with van der Waals surface area (Å²) in [5.41, 5.74) is 6.32. The van der Waals surface area contributed by atoms with E-state index in [2.05, 4.69) is 4.72 Å². The van der Waals surface area contributed by atoms with E-state index in [4.69, 9.17) is 10.5 Å². The first-order valence-electron chi connectivity index (χ1n) is 6.99. The van der Waals surface area contributed by atoms with Crippen molar-refractivity contribution in [2.45, 2.75) is 37.0 Å². The van der Waals surface area contributed by atoms with Gasteiger partial charge in [-0.05, 0) is 37.9 Å². The fraction of sp³-hybridized carbons (Fsp3) is 0.571. The molecule has 0 unspecified atom stereocenters. The molecule has 112 valence electrons. The van der Waals surface area contributed by atoms with Crippen molar-refractivity contribution in [2.24, 2.45) is 5.92 Å². The molecule has 0 atom stereocenters. The minimum Gasteiger partial charge on any atom is -0.491 e. The normalized spacial score (nSPS) is 17.1. The molecule has 0 amide bonds. The zero-order valence-corrected chi connectivity index (χ0v) is 12.6. The SMILES string of the molecule is CNS(=O)(=O)c1ccc(N)c(OCC2CCCCC2)c1. The molecule has 0 spiro atoms. The quantitative estimate of drug-likeness (QED) is 0.816. The Morgan fingerprint density at radius 3 is 2.65 bits per heavy atom. The van der Waals surface area contributed by atoms with Crippen molar-refractivity contribution < 1.29 is 13.2 Å². The van der Waals surface area contributed by atoms with E-state index in [0.29, 0.717) is 24.0 Å². The molecule has 0 aliphatic heterocycles. The third-order valence-electron chi connectivity index (χ3n) is 3.76. The first kappa shape index (κ1) is 15.1. The lowest BCUT2D eigenvalue weighted by atomic mass is 9.90. The van der Waals surface area contributed by atoms with Crippen molar-refractivity contribution >= 4 is 15.7 Å². The van der Waals surface area contributed by atoms with E-state index in [0.717, 1.165) is 0 Å². The van der Waals surface area contributed by atoms with Crippen molar-refractivity contribution in [2.75, 3.05) is 19.4 Å². The Morgan fingerprint density at radius 2 is 2.00 bits per heavy atom. The van der Waals surface area contributed by atoms with Crippen LogP contribution in [-0.2, 0) is 10.0 Å². The van der Waals surface area contributed by atoms with E-state index in [-0.39, 0.29) is 4.90 Å². The molecular weight excluding hydrogens is 276 g/mol. The molecular formula is C14H22N2O3S. The molecule has 0 heterocycles. The fourth-order valence-corrected chi connectivity index (χ4v) is 3.23. The van der Waals surface area contributed by atoms with Gasteiger partial charge in [-0.25, -0.2) is 13.1 Å². The number of nitrogen functional groups attached to an aromatic ring is 1. The van der Waals surface area contributed by atoms with Gasteiger partial charge < -0.3 is 10.5 Å². The Balaban J connectivity index is 2.08. The summed E-state index contributed by atoms with van der Waals surface area (Å²) in [7, 11) is -2.08. The average molecular weight is 298 g/mol. The molecule has 20 heavy (non-hydrogen) atoms. The van der Waals surface area contributed by atoms with Gasteiger partial charge in [0, 0.05) is 6.07 Å². The monoisotopic (exact) mass is 298 g/mol. The molecule has 0 saturated heterocycles. The summed E-state index contributed by atoms with van der Waals surface area (Å²) >= 11 is 0. The highest BCUT2D eigenvalue weighted by Crippen LogP contribution is 2.28. The second-order valence-electron chi connectivity index (χ2n) is 5.22. The van der Waals surface area contributed by atoms with Crippen LogP contribution in [0.5, 0.6) is 5.75 Å². The van der Waals surface area contributed by atoms with Gasteiger partial charge in [-0.2, -0.15) is 0 Å². The largest absolute Gasteiger partial charge is 0.491 e. The highest BCUT2D eigenvalue weighted by Gasteiger charge is 2.17. The van der Waals surface area contributed by atoms with E-state index in [9.17, 15) is 8.42 Å². The molecule has 1 saturated carbocycles. The number of nitrogens with two attached hydrogens (primary N) is 1. The Labute approximate surface area is 120 Å². The zero-order valence-electron chi connectivity index (χ0n) is 11.8. The molecule has 2 rings (SSSR count). The van der Waals surface area contributed by atoms with Crippen LogP contribution in [-0.4, -0.2) is 22.1 Å². The van der Waals surface area contributed by atoms with Crippen LogP contribution in [0.15, 0.2) is 23.1 Å². The maximum atomic E-state index is 11.8. The number of sulfonamides is 1. The van der Waals surface area contributed by atoms with Gasteiger partial charge in [-0.1, -0.05) is 19.3 Å². The van der Waals surface area contributed by atoms with Gasteiger partial charge >= 0.3 is 0 Å². The Bertz CT molecular complexity index is 552. The number of ether oxygens (including phenoxy) is 1. The summed E-state index contributed by atoms with van der Waals surface area (Å²) in [6.45, 7) is 0.604. The van der Waals surface area contributed by atoms with Gasteiger partial charge in [0.1, 0.15) is 5.75 Å². The number of benzene rings is 1. The first-order chi connectivity index (χ1) is 9.53. The van der Waals surface area contributed by atoms with Crippen molar-refractivity contribution in [3.63, 3.8) is 0 Å². The maximum absolute atomic E-state index is 11.8. The third-order valence-corrected chi connectivity index (χ3v) is 5.18. The molecule has 1 aliphatic rings. The van der Waals surface area contributed by atoms with Crippen LogP contribution >= 0.6 is 0 Å². The predicted molar refractivity (Wildman–Crippen MR) is 79.2 cm³/mol. The van der Waals surface area contributed by atoms with Gasteiger partial charge in [-0.15, -0.1) is 0 Å². The molecule has 0 radical (unpaired) electrons. The van der Waals surface area contributed by atoms with Gasteiger partial charge in [0.15, 0.2) is 0 Å². The lowest BCUT2D eigenvalue weighted by Crippen LogP contribution is -2.19. The van der Waals surface area contributed by atoms with Gasteiger partial charge in [0.2, 0.25) is 10.0 Å². The molecule has 6 heteroatoms. The molecule has 1 fully saturated rings. The second kappa shape index (κ2) is 6.45. The smallest absolute Gasteiger partial charge is 0.240 e. The second-order valence-corrected chi connectivity index (χ2v) is 7.11. The van der Waals surface area contributed by atoms with Crippen LogP contribution < -0.4 is 15.2 Å². The third kappa shape index (κ3) is 3.64. The standard InChI is InChI=1S/C14H22N2O3S/c1-16-20(17,18)12-7-8-13(15)14(9-12)19-10-11-5-3-2-4-6-11/h7-9,11,16H,2-6,10,15H2,1H3. The highest BCUT2D eigenvalue weighted by molar-refractivity contribution is 7.89. The lowest BCUT2D eigenvalue weighted by molar-refractivity contribution is 0.209. The van der Waals surface area contributed by atoms with Crippen molar-refractivity contribution in [3.8, 4) is 5.75 Å². The highest BCUT2D eigenvalue weighted by atomic mass is 32.2. The van der Waals surface area contributed by atoms with Gasteiger partial charge in [0.05, 0.1) is 17.2 Å². The summed E-state index contributed by atoms with van der Waals surface area (Å²) in [6.07, 6.45) is 6.15. The minimum absolute atomic E-state index is 0.174. The number of nitrogens with one attached hydrogen (secondary N) is 1. The Hall–Kier alpha value is -1.27. The molecule has 3 N–H and O–H groups in total. The van der Waals surface area contributed by atoms with Crippen LogP contribution in [0.1, 0.15) is 32.1 Å². The van der Waals surface area contributed by atoms with E-state index in [1.807, 2.05) is 0 Å². The zero-order chi connectivity index (χ0) is 14.6. The van der Waals surface area contributed by atoms with Gasteiger partial charge in [-0.3, -0.25) is 0 Å². The number of hydrogen-bond donors (Lipinski definition) is 2. The van der Waals surface area contributed by atoms with Crippen LogP contribution in [0.3, 0.4) is 0 Å². The van der Waals surface area contributed by atoms with E-state index >= 15 is 0 Å². The predicted octanol–water partition coefficient (Wildman–Crippen LogP) is 2.14. The van der Waals surface area contributed by atoms with E-state index in [1.165, 1.54) is 51.3 Å². The molecule has 1 aromatic rings. The molecule has 0 bridgehead atoms. The average Bonchev–Trinajstić information content (AvgIpc) is 2.47. The van der Waals surface area contributed by atoms with Crippen molar-refractivity contribution in [3.05, 3.63) is 18.2 Å². The maximum Gasteiger partial charge on any atom is 0.240 e. The summed E-state index contributed by atoms with van der Waals surface area (Å²) in [5, 5.41) is 0. The van der Waals surface area contributed by atoms with E-state index < -0.39 is 10.0 Å². The molecule has 5 nitrogen and oxygen atoms in total. The first-order valence-corrected chi connectivity index (χ1v) is 8.47. The number of anilines is 1. The Kier molecular flexibility index (Phi) is 4.88. The van der Waals surface area contributed by atoms with Gasteiger partial charge in [0.25, 0.3) is 0 Å². The Morgan fingerprint density at radius 1 is 1.30 bits per heavy atom. The van der Waals surface area contributed by atoms with E-state index in [1.54, 1.807) is 6.07 Å². The number of rotatable bonds is 5. The van der Waals surface area contributed by atoms with Crippen molar-refractivity contribution in [1.29, 1.82) is 0 Å². The number of hydrogen-bond acceptors (Lipinski definition) is 4.